The molecule has 1 radical (unpaired) electrons. The fraction of sp³-hybridized carbons (Fsp3) is 0.833. The normalized spacial score (nSPS) is 14.7. The molecule has 0 aliphatic carbocycles. The fourth-order valence-corrected chi connectivity index (χ4v) is 1.33. The molecule has 0 aromatic carbocycles. The Hall–Kier alpha value is 1.42. The van der Waals surface area contributed by atoms with Gasteiger partial charge < -0.3 is 35.9 Å². The van der Waals surface area contributed by atoms with E-state index < -0.39 is 0 Å². The number of aliphatic hydroxyl groups is 1. The molecular weight excluding hydrogens is 356 g/mol. The predicted octanol–water partition coefficient (Wildman–Crippen LogP) is 2.50. The zero-order valence-corrected chi connectivity index (χ0v) is 17.0. The SMILES string of the molecule is C1C[N-]CCCNCCCNC1.CO.Cl.Cl.Cl.[CH3-].[CH3-].[Ti+3]. The minimum absolute atomic E-state index is 0. The van der Waals surface area contributed by atoms with Crippen molar-refractivity contribution in [2.75, 3.05) is 46.4 Å². The molecule has 4 nitrogen and oxygen atoms in total. The van der Waals surface area contributed by atoms with E-state index in [2.05, 4.69) is 16.0 Å². The van der Waals surface area contributed by atoms with Crippen molar-refractivity contribution >= 4 is 37.2 Å². The van der Waals surface area contributed by atoms with Crippen LogP contribution in [0, 0.1) is 14.9 Å². The third kappa shape index (κ3) is 36.6. The van der Waals surface area contributed by atoms with E-state index in [0.717, 1.165) is 46.4 Å². The zero-order valence-electron chi connectivity index (χ0n) is 13.0. The van der Waals surface area contributed by atoms with E-state index in [9.17, 15) is 0 Å². The molecule has 1 rings (SSSR count). The summed E-state index contributed by atoms with van der Waals surface area (Å²) in [7, 11) is 1.00. The van der Waals surface area contributed by atoms with E-state index in [0.29, 0.717) is 0 Å². The number of rotatable bonds is 0. The molecule has 8 heteroatoms. The van der Waals surface area contributed by atoms with Gasteiger partial charge in [0.2, 0.25) is 0 Å². The summed E-state index contributed by atoms with van der Waals surface area (Å²) in [5, 5.41) is 18.2. The van der Waals surface area contributed by atoms with Gasteiger partial charge in [0, 0.05) is 7.11 Å². The molecule has 1 aliphatic rings. The van der Waals surface area contributed by atoms with Gasteiger partial charge in [0.1, 0.15) is 0 Å². The maximum absolute atomic E-state index is 7.00. The Morgan fingerprint density at radius 1 is 0.700 bits per heavy atom. The summed E-state index contributed by atoms with van der Waals surface area (Å²) in [6.45, 7) is 6.62. The third-order valence-corrected chi connectivity index (χ3v) is 2.05. The summed E-state index contributed by atoms with van der Waals surface area (Å²) in [5.41, 5.74) is 0. The zero-order chi connectivity index (χ0) is 10.5. The van der Waals surface area contributed by atoms with Crippen molar-refractivity contribution in [2.45, 2.75) is 19.3 Å². The first-order valence-electron chi connectivity index (χ1n) is 5.49. The second-order valence-corrected chi connectivity index (χ2v) is 3.23. The molecule has 1 aliphatic heterocycles. The second-order valence-electron chi connectivity index (χ2n) is 3.23. The number of hydrogen-bond donors (Lipinski definition) is 3. The van der Waals surface area contributed by atoms with Gasteiger partial charge >= 0.3 is 21.7 Å². The molecule has 1 heterocycles. The van der Waals surface area contributed by atoms with Gasteiger partial charge in [-0.2, -0.15) is 0 Å². The Labute approximate surface area is 160 Å². The molecule has 1 saturated heterocycles. The van der Waals surface area contributed by atoms with Gasteiger partial charge in [-0.15, -0.1) is 50.3 Å². The summed E-state index contributed by atoms with van der Waals surface area (Å²) in [6, 6.07) is 0. The number of aliphatic hydroxyl groups excluding tert-OH is 1. The van der Waals surface area contributed by atoms with E-state index in [1.807, 2.05) is 0 Å². The van der Waals surface area contributed by atoms with Crippen molar-refractivity contribution in [3.8, 4) is 0 Å². The first kappa shape index (κ1) is 43.0. The quantitative estimate of drug-likeness (QED) is 0.441. The summed E-state index contributed by atoms with van der Waals surface area (Å²) in [4.78, 5) is 0. The molecule has 0 aromatic rings. The Morgan fingerprint density at radius 2 is 1.00 bits per heavy atom. The Kier molecular flexibility index (Phi) is 91.8. The van der Waals surface area contributed by atoms with Crippen molar-refractivity contribution in [2.24, 2.45) is 0 Å². The van der Waals surface area contributed by atoms with Gasteiger partial charge in [0.05, 0.1) is 0 Å². The minimum Gasteiger partial charge on any atom is -0.662 e. The topological polar surface area (TPSA) is 58.4 Å². The van der Waals surface area contributed by atoms with Crippen molar-refractivity contribution in [1.82, 2.24) is 10.6 Å². The van der Waals surface area contributed by atoms with E-state index >= 15 is 0 Å². The first-order chi connectivity index (χ1) is 7.00. The van der Waals surface area contributed by atoms with Crippen LogP contribution in [0.25, 0.3) is 5.32 Å². The number of hydrogen-bond acceptors (Lipinski definition) is 3. The maximum Gasteiger partial charge on any atom is 3.00 e. The van der Waals surface area contributed by atoms with Gasteiger partial charge in [-0.3, -0.25) is 0 Å². The van der Waals surface area contributed by atoms with Crippen LogP contribution in [0.1, 0.15) is 19.3 Å². The molecule has 0 aromatic heterocycles. The summed E-state index contributed by atoms with van der Waals surface area (Å²) in [5.74, 6) is 0. The van der Waals surface area contributed by atoms with Crippen molar-refractivity contribution in [3.05, 3.63) is 20.2 Å². The molecule has 0 saturated carbocycles. The Morgan fingerprint density at radius 3 is 1.35 bits per heavy atom. The second kappa shape index (κ2) is 42.8. The molecular formula is C12H33Cl3N3OTi. The molecule has 0 amide bonds. The molecule has 0 bridgehead atoms. The predicted molar refractivity (Wildman–Crippen MR) is 95.4 cm³/mol. The molecule has 3 N–H and O–H groups in total. The van der Waals surface area contributed by atoms with Gasteiger partial charge in [0.15, 0.2) is 0 Å². The van der Waals surface area contributed by atoms with Crippen molar-refractivity contribution in [3.63, 3.8) is 0 Å². The van der Waals surface area contributed by atoms with E-state index in [4.69, 9.17) is 5.11 Å². The Balaban J connectivity index is -0.0000000404. The molecule has 127 valence electrons. The van der Waals surface area contributed by atoms with Gasteiger partial charge in [-0.25, -0.2) is 0 Å². The smallest absolute Gasteiger partial charge is 0.662 e. The van der Waals surface area contributed by atoms with E-state index in [-0.39, 0.29) is 73.8 Å². The molecule has 1 fully saturated rings. The Bertz CT molecular complexity index is 76.9. The number of nitrogens with one attached hydrogen (secondary N) is 2. The van der Waals surface area contributed by atoms with Gasteiger partial charge in [-0.05, 0) is 32.6 Å². The van der Waals surface area contributed by atoms with Crippen LogP contribution in [-0.2, 0) is 21.7 Å². The third-order valence-electron chi connectivity index (χ3n) is 2.05. The minimum atomic E-state index is 0. The first-order valence-corrected chi connectivity index (χ1v) is 5.49. The average molecular weight is 390 g/mol. The summed E-state index contributed by atoms with van der Waals surface area (Å²) < 4.78 is 0. The molecule has 0 spiro atoms. The summed E-state index contributed by atoms with van der Waals surface area (Å²) in [6.07, 6.45) is 3.65. The standard InChI is InChI=1S/C9H20N3.CH4O.2CH3.3ClH.Ti/c1-4-10-6-2-8-12-9-3-7-11-5-1;1-2;;;;;;/h10-11H,1-9H2;2H,1H3;2*1H3;3*1H;/q-1;;2*-1;;;;+3. The van der Waals surface area contributed by atoms with Gasteiger partial charge in [-0.1, -0.05) is 12.8 Å². The summed E-state index contributed by atoms with van der Waals surface area (Å²) >= 11 is 0. The van der Waals surface area contributed by atoms with E-state index in [1.165, 1.54) is 19.3 Å². The van der Waals surface area contributed by atoms with Crippen LogP contribution in [-0.4, -0.2) is 51.5 Å². The van der Waals surface area contributed by atoms with Crippen LogP contribution in [0.2, 0.25) is 0 Å². The van der Waals surface area contributed by atoms with Crippen LogP contribution in [0.5, 0.6) is 0 Å². The van der Waals surface area contributed by atoms with Crippen molar-refractivity contribution < 1.29 is 26.8 Å². The fourth-order valence-electron chi connectivity index (χ4n) is 1.33. The van der Waals surface area contributed by atoms with E-state index in [1.54, 1.807) is 0 Å². The monoisotopic (exact) mass is 388 g/mol. The van der Waals surface area contributed by atoms with Crippen LogP contribution < -0.4 is 10.6 Å². The number of nitrogens with zero attached hydrogens (tertiary/aromatic N) is 1. The van der Waals surface area contributed by atoms with Crippen molar-refractivity contribution in [1.29, 1.82) is 0 Å². The van der Waals surface area contributed by atoms with Crippen LogP contribution in [0.15, 0.2) is 0 Å². The van der Waals surface area contributed by atoms with Crippen LogP contribution >= 0.6 is 37.2 Å². The average Bonchev–Trinajstić information content (AvgIpc) is 2.22. The maximum atomic E-state index is 7.00. The number of halogens is 3. The van der Waals surface area contributed by atoms with Crippen LogP contribution in [0.3, 0.4) is 0 Å². The van der Waals surface area contributed by atoms with Gasteiger partial charge in [0.25, 0.3) is 0 Å². The van der Waals surface area contributed by atoms with Crippen LogP contribution in [0.4, 0.5) is 0 Å². The largest absolute Gasteiger partial charge is 3.00 e. The molecule has 0 unspecified atom stereocenters. The molecule has 0 atom stereocenters. The molecule has 20 heavy (non-hydrogen) atoms.